The maximum Gasteiger partial charge on any atom is 0.411 e. The molecular formula is C48H51Cl2N3O8. The van der Waals surface area contributed by atoms with Gasteiger partial charge < -0.3 is 34.7 Å². The predicted octanol–water partition coefficient (Wildman–Crippen LogP) is 9.47. The summed E-state index contributed by atoms with van der Waals surface area (Å²) in [5.41, 5.74) is 12.7. The van der Waals surface area contributed by atoms with E-state index in [-0.39, 0.29) is 26.0 Å². The highest BCUT2D eigenvalue weighted by molar-refractivity contribution is 6.42. The lowest BCUT2D eigenvalue weighted by atomic mass is 9.92. The van der Waals surface area contributed by atoms with Crippen molar-refractivity contribution in [2.45, 2.75) is 84.4 Å². The molecule has 13 heteroatoms. The number of methoxy groups -OCH3 is 1. The van der Waals surface area contributed by atoms with Crippen molar-refractivity contribution in [1.29, 1.82) is 0 Å². The first-order chi connectivity index (χ1) is 29.0. The van der Waals surface area contributed by atoms with Gasteiger partial charge in [0.05, 0.1) is 23.7 Å². The second-order valence-electron chi connectivity index (χ2n) is 16.1. The van der Waals surface area contributed by atoms with Gasteiger partial charge in [0.15, 0.2) is 17.6 Å². The molecule has 0 unspecified atom stereocenters. The number of allylic oxidation sites excluding steroid dienone is 4. The molecule has 3 atom stereocenters. The number of rotatable bonds is 12. The van der Waals surface area contributed by atoms with Gasteiger partial charge in [0.2, 0.25) is 5.91 Å². The third-order valence-electron chi connectivity index (χ3n) is 10.4. The summed E-state index contributed by atoms with van der Waals surface area (Å²) in [5, 5.41) is 3.81. The van der Waals surface area contributed by atoms with E-state index in [1.807, 2.05) is 86.7 Å². The maximum absolute atomic E-state index is 14.3. The van der Waals surface area contributed by atoms with Gasteiger partial charge in [-0.05, 0) is 128 Å². The summed E-state index contributed by atoms with van der Waals surface area (Å²) in [6.07, 6.45) is 2.46. The normalized spacial score (nSPS) is 16.8. The number of hydrogen-bond acceptors (Lipinski definition) is 9. The van der Waals surface area contributed by atoms with E-state index in [1.165, 1.54) is 18.2 Å². The molecular weight excluding hydrogens is 817 g/mol. The van der Waals surface area contributed by atoms with Gasteiger partial charge in [0.1, 0.15) is 36.6 Å². The Morgan fingerprint density at radius 1 is 0.967 bits per heavy atom. The Labute approximate surface area is 367 Å². The molecule has 320 valence electrons. The molecule has 2 heterocycles. The molecule has 0 aromatic heterocycles. The van der Waals surface area contributed by atoms with Crippen molar-refractivity contribution < 1.29 is 38.1 Å². The molecule has 4 aromatic carbocycles. The average molecular weight is 869 g/mol. The Hall–Kier alpha value is -5.91. The minimum atomic E-state index is -1.04. The molecule has 0 aliphatic carbocycles. The van der Waals surface area contributed by atoms with Crippen LogP contribution in [-0.4, -0.2) is 54.3 Å². The summed E-state index contributed by atoms with van der Waals surface area (Å²) in [7, 11) is 1.27. The molecule has 4 aromatic rings. The van der Waals surface area contributed by atoms with E-state index in [1.54, 1.807) is 32.9 Å². The van der Waals surface area contributed by atoms with Crippen LogP contribution in [0.4, 0.5) is 4.79 Å². The number of halogens is 2. The molecule has 11 nitrogen and oxygen atoms in total. The molecule has 61 heavy (non-hydrogen) atoms. The summed E-state index contributed by atoms with van der Waals surface area (Å²) < 4.78 is 29.7. The van der Waals surface area contributed by atoms with E-state index < -0.39 is 41.8 Å². The van der Waals surface area contributed by atoms with Gasteiger partial charge in [-0.25, -0.2) is 9.59 Å². The van der Waals surface area contributed by atoms with Crippen molar-refractivity contribution in [2.24, 2.45) is 5.73 Å². The fraction of sp³-hybridized carbons (Fsp3) is 0.312. The topological polar surface area (TPSA) is 139 Å². The maximum atomic E-state index is 14.3. The van der Waals surface area contributed by atoms with Gasteiger partial charge in [0, 0.05) is 12.8 Å². The van der Waals surface area contributed by atoms with Crippen LogP contribution in [0.3, 0.4) is 0 Å². The zero-order valence-corrected chi connectivity index (χ0v) is 36.7. The first-order valence-corrected chi connectivity index (χ1v) is 20.6. The minimum Gasteiger partial charge on any atom is -0.489 e. The lowest BCUT2D eigenvalue weighted by Crippen LogP contribution is -2.56. The third-order valence-corrected chi connectivity index (χ3v) is 11.2. The molecule has 2 aliphatic rings. The van der Waals surface area contributed by atoms with Crippen LogP contribution in [-0.2, 0) is 45.1 Å². The van der Waals surface area contributed by atoms with Crippen LogP contribution in [0.25, 0.3) is 5.57 Å². The van der Waals surface area contributed by atoms with Crippen molar-refractivity contribution in [2.75, 3.05) is 13.7 Å². The number of esters is 1. The van der Waals surface area contributed by atoms with Crippen LogP contribution in [0.15, 0.2) is 109 Å². The monoisotopic (exact) mass is 867 g/mol. The van der Waals surface area contributed by atoms with Crippen LogP contribution >= 0.6 is 23.2 Å². The van der Waals surface area contributed by atoms with E-state index in [0.717, 1.165) is 50.1 Å². The van der Waals surface area contributed by atoms with E-state index in [9.17, 15) is 14.4 Å². The third kappa shape index (κ3) is 11.1. The van der Waals surface area contributed by atoms with Gasteiger partial charge in [-0.3, -0.25) is 9.69 Å². The lowest BCUT2D eigenvalue weighted by Gasteiger charge is -2.38. The summed E-state index contributed by atoms with van der Waals surface area (Å²) in [6, 6.07) is 22.2. The van der Waals surface area contributed by atoms with Crippen molar-refractivity contribution in [3.63, 3.8) is 0 Å². The number of nitrogens with one attached hydrogen (secondary N) is 1. The largest absolute Gasteiger partial charge is 0.489 e. The molecule has 2 amide bonds. The molecule has 0 bridgehead atoms. The standard InChI is InChI=1S/C48H51Cl2N3O8/c1-28(2)29(3)37(17-18-51)32-14-11-30(12-15-32)20-40(46(55)57-7)52-45(54)41-22-34-23-42-43(24-35(34)25-53(41)47(56)61-48(4,5)6)60-44(27-59-42)33-9-8-10-36(21-33)58-26-31-13-16-38(49)39(50)19-31/h8-19,21,23-24,40-41,44H,1,20,22,25-27,51H2,2-7H3,(H,52,54)/b18-17-,37-29+/t40-,41-,44+/m0/s1. The van der Waals surface area contributed by atoms with Crippen molar-refractivity contribution in [3.8, 4) is 17.2 Å². The minimum absolute atomic E-state index is 0.0444. The number of nitrogens with zero attached hydrogens (tertiary/aromatic N) is 1. The number of ether oxygens (including phenoxy) is 5. The molecule has 0 spiro atoms. The number of amides is 2. The van der Waals surface area contributed by atoms with E-state index >= 15 is 0 Å². The van der Waals surface area contributed by atoms with Crippen LogP contribution < -0.4 is 25.3 Å². The second-order valence-corrected chi connectivity index (χ2v) is 16.9. The molecule has 3 N–H and O–H groups in total. The van der Waals surface area contributed by atoms with E-state index in [0.29, 0.717) is 33.9 Å². The number of fused-ring (bicyclic) bond motifs is 2. The van der Waals surface area contributed by atoms with Gasteiger partial charge in [-0.1, -0.05) is 77.8 Å². The van der Waals surface area contributed by atoms with E-state index in [4.69, 9.17) is 52.6 Å². The number of hydrogen-bond donors (Lipinski definition) is 2. The quantitative estimate of drug-likeness (QED) is 0.105. The summed E-state index contributed by atoms with van der Waals surface area (Å²) in [5.74, 6) is 0.498. The Morgan fingerprint density at radius 3 is 2.36 bits per heavy atom. The second kappa shape index (κ2) is 19.2. The Bertz CT molecular complexity index is 2370. The van der Waals surface area contributed by atoms with Crippen molar-refractivity contribution in [1.82, 2.24) is 10.2 Å². The van der Waals surface area contributed by atoms with Crippen LogP contribution in [0, 0.1) is 0 Å². The smallest absolute Gasteiger partial charge is 0.411 e. The van der Waals surface area contributed by atoms with Crippen LogP contribution in [0.1, 0.15) is 74.1 Å². The molecule has 0 radical (unpaired) electrons. The average Bonchev–Trinajstić information content (AvgIpc) is 3.23. The zero-order chi connectivity index (χ0) is 44.0. The molecule has 0 fully saturated rings. The molecule has 6 rings (SSSR count). The number of benzene rings is 4. The van der Waals surface area contributed by atoms with Gasteiger partial charge >= 0.3 is 12.1 Å². The van der Waals surface area contributed by atoms with Gasteiger partial charge in [0.25, 0.3) is 0 Å². The van der Waals surface area contributed by atoms with Crippen molar-refractivity contribution >= 4 is 46.7 Å². The van der Waals surface area contributed by atoms with Crippen LogP contribution in [0.5, 0.6) is 17.2 Å². The first kappa shape index (κ1) is 44.6. The molecule has 0 saturated heterocycles. The SMILES string of the molecule is C=C(C)/C(C)=C(\C=C/N)c1ccc(C[C@H](NC(=O)[C@@H]2Cc3cc4c(cc3CN2C(=O)OC(C)(C)C)O[C@@H](c2cccc(OCc3ccc(Cl)c(Cl)c3)c2)CO4)C(=O)OC)cc1. The predicted molar refractivity (Wildman–Crippen MR) is 237 cm³/mol. The summed E-state index contributed by atoms with van der Waals surface area (Å²) >= 11 is 12.2. The number of nitrogens with two attached hydrogens (primary N) is 1. The Kier molecular flexibility index (Phi) is 14.1. The fourth-order valence-electron chi connectivity index (χ4n) is 7.09. The Balaban J connectivity index is 1.20. The summed E-state index contributed by atoms with van der Waals surface area (Å²) in [6.45, 7) is 13.8. The zero-order valence-electron chi connectivity index (χ0n) is 35.2. The van der Waals surface area contributed by atoms with E-state index in [2.05, 4.69) is 11.9 Å². The van der Waals surface area contributed by atoms with Gasteiger partial charge in [-0.2, -0.15) is 0 Å². The number of carbonyl (C=O) groups is 3. The van der Waals surface area contributed by atoms with Crippen LogP contribution in [0.2, 0.25) is 10.0 Å². The highest BCUT2D eigenvalue weighted by atomic mass is 35.5. The summed E-state index contributed by atoms with van der Waals surface area (Å²) in [4.78, 5) is 42.6. The van der Waals surface area contributed by atoms with Crippen molar-refractivity contribution in [3.05, 3.63) is 152 Å². The highest BCUT2D eigenvalue weighted by Gasteiger charge is 2.40. The molecule has 2 aliphatic heterocycles. The highest BCUT2D eigenvalue weighted by Crippen LogP contribution is 2.41. The van der Waals surface area contributed by atoms with Gasteiger partial charge in [-0.15, -0.1) is 0 Å². The molecule has 0 saturated carbocycles. The fourth-order valence-corrected chi connectivity index (χ4v) is 7.41. The lowest BCUT2D eigenvalue weighted by molar-refractivity contribution is -0.145. The Morgan fingerprint density at radius 2 is 1.69 bits per heavy atom. The number of carbonyl (C=O) groups excluding carboxylic acids is 3. The first-order valence-electron chi connectivity index (χ1n) is 19.9.